The Bertz CT molecular complexity index is 1200. The van der Waals surface area contributed by atoms with Gasteiger partial charge in [-0.3, -0.25) is 58.5 Å². The molecule has 11 heteroatoms. The molecule has 0 aromatic carbocycles. The first-order valence-electron chi connectivity index (χ1n) is 23.1. The van der Waals surface area contributed by atoms with Crippen molar-refractivity contribution in [2.24, 2.45) is 53.3 Å². The molecule has 9 aliphatic rings. The summed E-state index contributed by atoms with van der Waals surface area (Å²) in [6, 6.07) is 1.06. The molecule has 302 valence electrons. The zero-order valence-corrected chi connectivity index (χ0v) is 34.2. The van der Waals surface area contributed by atoms with Crippen molar-refractivity contribution in [2.45, 2.75) is 211 Å². The highest BCUT2D eigenvalue weighted by atomic mass is 15.4. The molecule has 0 radical (unpaired) electrons. The summed E-state index contributed by atoms with van der Waals surface area (Å²) in [5.41, 5.74) is 0. The van der Waals surface area contributed by atoms with Crippen molar-refractivity contribution in [3.8, 4) is 0 Å². The minimum Gasteiger partial charge on any atom is -0.286 e. The lowest BCUT2D eigenvalue weighted by molar-refractivity contribution is -0.00825. The van der Waals surface area contributed by atoms with Gasteiger partial charge in [-0.15, -0.1) is 0 Å². The Labute approximate surface area is 322 Å². The zero-order chi connectivity index (χ0) is 36.4. The van der Waals surface area contributed by atoms with Gasteiger partial charge in [0.15, 0.2) is 0 Å². The highest BCUT2D eigenvalue weighted by Crippen LogP contribution is 2.48. The first kappa shape index (κ1) is 38.1. The van der Waals surface area contributed by atoms with Gasteiger partial charge in [0.2, 0.25) is 0 Å². The molecule has 0 amide bonds. The molecular formula is C42H79N11. The van der Waals surface area contributed by atoms with Gasteiger partial charge >= 0.3 is 0 Å². The zero-order valence-electron chi connectivity index (χ0n) is 34.2. The lowest BCUT2D eigenvalue weighted by Gasteiger charge is -2.53. The van der Waals surface area contributed by atoms with Crippen LogP contribution in [0.2, 0.25) is 0 Å². The molecule has 0 spiro atoms. The van der Waals surface area contributed by atoms with Crippen LogP contribution in [-0.4, -0.2) is 73.2 Å². The van der Waals surface area contributed by atoms with Crippen LogP contribution in [0.5, 0.6) is 0 Å². The smallest absolute Gasteiger partial charge is 0.127 e. The highest BCUT2D eigenvalue weighted by molar-refractivity contribution is 5.11. The number of fused-ring (bicyclic) bond motifs is 20. The average molecular weight is 738 g/mol. The Morgan fingerprint density at radius 3 is 0.906 bits per heavy atom. The van der Waals surface area contributed by atoms with Crippen LogP contribution in [0.15, 0.2) is 0 Å². The SMILES string of the molecule is CC(C)NC(NC(C)C)(NC(C)C)C1CCCC2C3NC4NC(NC5NC(NC6NC(NC(N3)C21)C1CCCCC61)C1CCCCC51)C1CCCCC41. The summed E-state index contributed by atoms with van der Waals surface area (Å²) < 4.78 is 0. The van der Waals surface area contributed by atoms with Crippen molar-refractivity contribution in [2.75, 3.05) is 0 Å². The van der Waals surface area contributed by atoms with Crippen LogP contribution >= 0.6 is 0 Å². The predicted octanol–water partition coefficient (Wildman–Crippen LogP) is 3.48. The summed E-state index contributed by atoms with van der Waals surface area (Å²) in [6.07, 6.45) is 22.6. The van der Waals surface area contributed by atoms with Crippen molar-refractivity contribution >= 4 is 0 Å². The Balaban J connectivity index is 1.09. The lowest BCUT2D eigenvalue weighted by Crippen LogP contribution is -2.76. The number of hydrogen-bond acceptors (Lipinski definition) is 11. The third-order valence-electron chi connectivity index (χ3n) is 16.0. The van der Waals surface area contributed by atoms with E-state index in [0.29, 0.717) is 108 Å². The minimum absolute atomic E-state index is 0.222. The van der Waals surface area contributed by atoms with Crippen LogP contribution in [0.4, 0.5) is 0 Å². The quantitative estimate of drug-likeness (QED) is 0.176. The molecule has 9 fully saturated rings. The van der Waals surface area contributed by atoms with Gasteiger partial charge < -0.3 is 0 Å². The molecule has 5 heterocycles. The molecule has 5 aliphatic heterocycles. The number of nitrogens with one attached hydrogen (secondary N) is 11. The largest absolute Gasteiger partial charge is 0.286 e. The van der Waals surface area contributed by atoms with E-state index >= 15 is 0 Å². The lowest BCUT2D eigenvalue weighted by atomic mass is 9.68. The fraction of sp³-hybridized carbons (Fsp3) is 1.00. The molecule has 5 saturated heterocycles. The van der Waals surface area contributed by atoms with E-state index in [1.54, 1.807) is 0 Å². The second-order valence-corrected chi connectivity index (χ2v) is 20.5. The van der Waals surface area contributed by atoms with Gasteiger partial charge in [0.1, 0.15) is 5.79 Å². The average Bonchev–Trinajstić information content (AvgIpc) is 3.86. The van der Waals surface area contributed by atoms with Crippen molar-refractivity contribution in [3.05, 3.63) is 0 Å². The Morgan fingerprint density at radius 1 is 0.340 bits per heavy atom. The number of hydrogen-bond donors (Lipinski definition) is 11. The Hall–Kier alpha value is -0.440. The topological polar surface area (TPSA) is 132 Å². The molecule has 8 bridgehead atoms. The maximum atomic E-state index is 4.44. The van der Waals surface area contributed by atoms with Gasteiger partial charge in [-0.2, -0.15) is 0 Å². The summed E-state index contributed by atoms with van der Waals surface area (Å²) in [5, 5.41) is 47.1. The molecular weight excluding hydrogens is 659 g/mol. The van der Waals surface area contributed by atoms with Crippen LogP contribution < -0.4 is 58.5 Å². The minimum atomic E-state index is -0.355. The maximum absolute atomic E-state index is 4.44. The van der Waals surface area contributed by atoms with E-state index in [1.165, 1.54) is 96.3 Å². The predicted molar refractivity (Wildman–Crippen MR) is 214 cm³/mol. The van der Waals surface area contributed by atoms with Crippen molar-refractivity contribution in [1.29, 1.82) is 0 Å². The van der Waals surface area contributed by atoms with Crippen molar-refractivity contribution in [1.82, 2.24) is 58.5 Å². The fourth-order valence-electron chi connectivity index (χ4n) is 14.4. The summed E-state index contributed by atoms with van der Waals surface area (Å²) in [5.74, 6) is 5.19. The van der Waals surface area contributed by atoms with Crippen LogP contribution in [0.1, 0.15) is 138 Å². The summed E-state index contributed by atoms with van der Waals surface area (Å²) in [7, 11) is 0. The monoisotopic (exact) mass is 738 g/mol. The molecule has 0 aromatic rings. The van der Waals surface area contributed by atoms with E-state index in [0.717, 1.165) is 0 Å². The maximum Gasteiger partial charge on any atom is 0.127 e. The second kappa shape index (κ2) is 15.7. The van der Waals surface area contributed by atoms with Crippen LogP contribution in [0.3, 0.4) is 0 Å². The van der Waals surface area contributed by atoms with Crippen LogP contribution in [0.25, 0.3) is 0 Å². The van der Waals surface area contributed by atoms with E-state index in [-0.39, 0.29) is 18.1 Å². The van der Waals surface area contributed by atoms with Gasteiger partial charge in [0.25, 0.3) is 0 Å². The molecule has 11 N–H and O–H groups in total. The van der Waals surface area contributed by atoms with E-state index in [1.807, 2.05) is 0 Å². The number of rotatable bonds is 7. The molecule has 17 unspecified atom stereocenters. The highest BCUT2D eigenvalue weighted by Gasteiger charge is 2.58. The normalized spacial score (nSPS) is 48.5. The molecule has 4 saturated carbocycles. The molecule has 9 rings (SSSR count). The first-order chi connectivity index (χ1) is 25.7. The van der Waals surface area contributed by atoms with E-state index in [9.17, 15) is 0 Å². The molecule has 4 aliphatic carbocycles. The van der Waals surface area contributed by atoms with E-state index in [4.69, 9.17) is 0 Å². The van der Waals surface area contributed by atoms with Gasteiger partial charge in [-0.05, 0) is 134 Å². The Morgan fingerprint density at radius 2 is 0.604 bits per heavy atom. The van der Waals surface area contributed by atoms with E-state index < -0.39 is 0 Å². The third kappa shape index (κ3) is 7.32. The van der Waals surface area contributed by atoms with Gasteiger partial charge in [0.05, 0.1) is 49.3 Å². The van der Waals surface area contributed by atoms with Crippen molar-refractivity contribution < 1.29 is 0 Å². The molecule has 53 heavy (non-hydrogen) atoms. The molecule has 0 aromatic heterocycles. The molecule has 17 atom stereocenters. The summed E-state index contributed by atoms with van der Waals surface area (Å²) in [4.78, 5) is 0. The van der Waals surface area contributed by atoms with Gasteiger partial charge in [0, 0.05) is 30.0 Å². The van der Waals surface area contributed by atoms with E-state index in [2.05, 4.69) is 100 Å². The van der Waals surface area contributed by atoms with Gasteiger partial charge in [-0.1, -0.05) is 44.9 Å². The van der Waals surface area contributed by atoms with Crippen LogP contribution in [-0.2, 0) is 0 Å². The van der Waals surface area contributed by atoms with Crippen LogP contribution in [0, 0.1) is 53.3 Å². The first-order valence-corrected chi connectivity index (χ1v) is 23.1. The standard InChI is InChI=1S/C42H79N11/c1-22(2)51-42(52-23(3)4,53-24(5)6)32-21-13-20-31-33(32)41-49-39-30-19-12-11-18-29(30)37(47-39)45-35-26-15-8-7-14-25(26)34(43-35)44-36-27-16-9-10-17-28(27)38(46-36)48-40(31)50-41/h22-41,43-53H,7-21H2,1-6H3. The third-order valence-corrected chi connectivity index (χ3v) is 16.0. The summed E-state index contributed by atoms with van der Waals surface area (Å²) >= 11 is 0. The van der Waals surface area contributed by atoms with Gasteiger partial charge in [-0.25, -0.2) is 0 Å². The fourth-order valence-corrected chi connectivity index (χ4v) is 14.4. The molecule has 11 nitrogen and oxygen atoms in total. The van der Waals surface area contributed by atoms with Crippen molar-refractivity contribution in [3.63, 3.8) is 0 Å². The Kier molecular flexibility index (Phi) is 11.3. The second-order valence-electron chi connectivity index (χ2n) is 20.5. The summed E-state index contributed by atoms with van der Waals surface area (Å²) in [6.45, 7) is 13.9.